The van der Waals surface area contributed by atoms with E-state index in [0.29, 0.717) is 30.7 Å². The van der Waals surface area contributed by atoms with Crippen LogP contribution in [0.1, 0.15) is 30.4 Å². The molecule has 0 spiro atoms. The normalized spacial score (nSPS) is 13.7. The van der Waals surface area contributed by atoms with Gasteiger partial charge in [0, 0.05) is 36.3 Å². The number of amides is 2. The first-order valence-corrected chi connectivity index (χ1v) is 9.70. The first kappa shape index (κ1) is 18.5. The topological polar surface area (TPSA) is 74.3 Å². The zero-order valence-electron chi connectivity index (χ0n) is 15.1. The van der Waals surface area contributed by atoms with Gasteiger partial charge in [0.1, 0.15) is 0 Å². The summed E-state index contributed by atoms with van der Waals surface area (Å²) in [5, 5.41) is 8.25. The van der Waals surface area contributed by atoms with E-state index in [1.54, 1.807) is 6.20 Å². The fraction of sp³-hybridized carbons (Fsp3) is 0.421. The summed E-state index contributed by atoms with van der Waals surface area (Å²) in [5.41, 5.74) is 2.99. The Labute approximate surface area is 157 Å². The van der Waals surface area contributed by atoms with Crippen molar-refractivity contribution in [3.05, 3.63) is 40.9 Å². The summed E-state index contributed by atoms with van der Waals surface area (Å²) in [5.74, 6) is -0.101. The highest BCUT2D eigenvalue weighted by atomic mass is 32.1. The summed E-state index contributed by atoms with van der Waals surface area (Å²) in [4.78, 5) is 30.7. The molecule has 2 N–H and O–H groups in total. The van der Waals surface area contributed by atoms with Crippen LogP contribution in [0.2, 0.25) is 0 Å². The molecule has 1 aliphatic carbocycles. The standard InChI is InChI=1S/C19H24N4O2S/c1-13-4-3-5-14(2)18(13)21-17(25)12-23(15-6-7-15)10-8-16(24)22-19-20-9-11-26-19/h3-5,9,11,15H,6-8,10,12H2,1-2H3,(H,21,25)(H,20,22,24). The molecule has 0 unspecified atom stereocenters. The second kappa shape index (κ2) is 8.42. The molecule has 7 heteroatoms. The number of rotatable bonds is 8. The van der Waals surface area contributed by atoms with E-state index >= 15 is 0 Å². The van der Waals surface area contributed by atoms with Crippen LogP contribution in [0.25, 0.3) is 0 Å². The third kappa shape index (κ3) is 5.12. The summed E-state index contributed by atoms with van der Waals surface area (Å²) >= 11 is 1.40. The predicted octanol–water partition coefficient (Wildman–Crippen LogP) is 3.19. The molecule has 2 amide bonds. The SMILES string of the molecule is Cc1cccc(C)c1NC(=O)CN(CCC(=O)Nc1nccs1)C1CC1. The number of aromatic nitrogens is 1. The van der Waals surface area contributed by atoms with Gasteiger partial charge in [-0.25, -0.2) is 4.98 Å². The fourth-order valence-electron chi connectivity index (χ4n) is 2.92. The van der Waals surface area contributed by atoms with Gasteiger partial charge in [-0.15, -0.1) is 11.3 Å². The van der Waals surface area contributed by atoms with Crippen LogP contribution in [0.5, 0.6) is 0 Å². The van der Waals surface area contributed by atoms with Crippen molar-refractivity contribution in [1.29, 1.82) is 0 Å². The van der Waals surface area contributed by atoms with Crippen LogP contribution in [-0.4, -0.2) is 40.8 Å². The Morgan fingerprint density at radius 2 is 1.92 bits per heavy atom. The summed E-state index contributed by atoms with van der Waals surface area (Å²) in [7, 11) is 0. The van der Waals surface area contributed by atoms with Gasteiger partial charge in [-0.3, -0.25) is 14.5 Å². The number of carbonyl (C=O) groups is 2. The lowest BCUT2D eigenvalue weighted by Crippen LogP contribution is -2.37. The van der Waals surface area contributed by atoms with Gasteiger partial charge >= 0.3 is 0 Å². The van der Waals surface area contributed by atoms with Crippen LogP contribution in [0.3, 0.4) is 0 Å². The summed E-state index contributed by atoms with van der Waals surface area (Å²) in [6.07, 6.45) is 4.19. The Morgan fingerprint density at radius 1 is 1.19 bits per heavy atom. The Morgan fingerprint density at radius 3 is 2.54 bits per heavy atom. The van der Waals surface area contributed by atoms with E-state index in [2.05, 4.69) is 20.5 Å². The molecule has 0 saturated heterocycles. The van der Waals surface area contributed by atoms with Crippen molar-refractivity contribution in [3.63, 3.8) is 0 Å². The number of nitrogens with zero attached hydrogens (tertiary/aromatic N) is 2. The van der Waals surface area contributed by atoms with Crippen molar-refractivity contribution in [2.45, 2.75) is 39.2 Å². The molecule has 1 heterocycles. The van der Waals surface area contributed by atoms with Crippen LogP contribution in [0, 0.1) is 13.8 Å². The first-order valence-electron chi connectivity index (χ1n) is 8.82. The number of thiazole rings is 1. The maximum absolute atomic E-state index is 12.5. The Kier molecular flexibility index (Phi) is 6.00. The summed E-state index contributed by atoms with van der Waals surface area (Å²) < 4.78 is 0. The second-order valence-electron chi connectivity index (χ2n) is 6.65. The number of benzene rings is 1. The number of aryl methyl sites for hydroxylation is 2. The van der Waals surface area contributed by atoms with Crippen LogP contribution in [0.15, 0.2) is 29.8 Å². The Balaban J connectivity index is 1.52. The molecular formula is C19H24N4O2S. The van der Waals surface area contributed by atoms with E-state index < -0.39 is 0 Å². The maximum atomic E-state index is 12.5. The van der Waals surface area contributed by atoms with Gasteiger partial charge in [0.15, 0.2) is 5.13 Å². The lowest BCUT2D eigenvalue weighted by atomic mass is 10.1. The van der Waals surface area contributed by atoms with Gasteiger partial charge in [-0.05, 0) is 37.8 Å². The molecule has 0 atom stereocenters. The van der Waals surface area contributed by atoms with E-state index in [4.69, 9.17) is 0 Å². The number of carbonyl (C=O) groups excluding carboxylic acids is 2. The lowest BCUT2D eigenvalue weighted by Gasteiger charge is -2.21. The van der Waals surface area contributed by atoms with E-state index in [0.717, 1.165) is 29.7 Å². The first-order chi connectivity index (χ1) is 12.5. The van der Waals surface area contributed by atoms with Crippen molar-refractivity contribution in [2.75, 3.05) is 23.7 Å². The molecule has 0 aliphatic heterocycles. The zero-order valence-corrected chi connectivity index (χ0v) is 15.9. The van der Waals surface area contributed by atoms with E-state index in [-0.39, 0.29) is 11.8 Å². The largest absolute Gasteiger partial charge is 0.324 e. The third-order valence-corrected chi connectivity index (χ3v) is 5.15. The predicted molar refractivity (Wildman–Crippen MR) is 105 cm³/mol. The van der Waals surface area contributed by atoms with Crippen LogP contribution >= 0.6 is 11.3 Å². The highest BCUT2D eigenvalue weighted by Crippen LogP contribution is 2.27. The Hall–Kier alpha value is -2.25. The minimum absolute atomic E-state index is 0.0327. The van der Waals surface area contributed by atoms with Crippen molar-refractivity contribution in [3.8, 4) is 0 Å². The average molecular weight is 372 g/mol. The van der Waals surface area contributed by atoms with Gasteiger partial charge in [0.05, 0.1) is 6.54 Å². The highest BCUT2D eigenvalue weighted by molar-refractivity contribution is 7.13. The number of hydrogen-bond acceptors (Lipinski definition) is 5. The minimum atomic E-state index is -0.0687. The van der Waals surface area contributed by atoms with Crippen molar-refractivity contribution in [2.24, 2.45) is 0 Å². The molecule has 26 heavy (non-hydrogen) atoms. The molecule has 1 fully saturated rings. The molecular weight excluding hydrogens is 348 g/mol. The van der Waals surface area contributed by atoms with Gasteiger partial charge < -0.3 is 10.6 Å². The lowest BCUT2D eigenvalue weighted by molar-refractivity contribution is -0.119. The van der Waals surface area contributed by atoms with Crippen LogP contribution in [-0.2, 0) is 9.59 Å². The van der Waals surface area contributed by atoms with E-state index in [1.165, 1.54) is 11.3 Å². The van der Waals surface area contributed by atoms with E-state index in [9.17, 15) is 9.59 Å². The monoisotopic (exact) mass is 372 g/mol. The van der Waals surface area contributed by atoms with Gasteiger partial charge in [-0.2, -0.15) is 0 Å². The van der Waals surface area contributed by atoms with Gasteiger partial charge in [0.2, 0.25) is 11.8 Å². The molecule has 3 rings (SSSR count). The van der Waals surface area contributed by atoms with Crippen molar-refractivity contribution >= 4 is 34.0 Å². The summed E-state index contributed by atoms with van der Waals surface area (Å²) in [6.45, 7) is 4.86. The quantitative estimate of drug-likeness (QED) is 0.746. The van der Waals surface area contributed by atoms with Gasteiger partial charge in [-0.1, -0.05) is 18.2 Å². The number of hydrogen-bond donors (Lipinski definition) is 2. The molecule has 1 saturated carbocycles. The van der Waals surface area contributed by atoms with Crippen LogP contribution < -0.4 is 10.6 Å². The second-order valence-corrected chi connectivity index (χ2v) is 7.55. The van der Waals surface area contributed by atoms with Gasteiger partial charge in [0.25, 0.3) is 0 Å². The molecule has 0 bridgehead atoms. The maximum Gasteiger partial charge on any atom is 0.238 e. The summed E-state index contributed by atoms with van der Waals surface area (Å²) in [6, 6.07) is 6.37. The fourth-order valence-corrected chi connectivity index (χ4v) is 3.46. The highest BCUT2D eigenvalue weighted by Gasteiger charge is 2.30. The number of anilines is 2. The molecule has 2 aromatic rings. The molecule has 0 radical (unpaired) electrons. The molecule has 1 aromatic carbocycles. The van der Waals surface area contributed by atoms with Crippen LogP contribution in [0.4, 0.5) is 10.8 Å². The molecule has 138 valence electrons. The zero-order chi connectivity index (χ0) is 18.5. The van der Waals surface area contributed by atoms with Crippen molar-refractivity contribution < 1.29 is 9.59 Å². The molecule has 1 aromatic heterocycles. The molecule has 1 aliphatic rings. The number of nitrogens with one attached hydrogen (secondary N) is 2. The minimum Gasteiger partial charge on any atom is -0.324 e. The van der Waals surface area contributed by atoms with Crippen molar-refractivity contribution in [1.82, 2.24) is 9.88 Å². The smallest absolute Gasteiger partial charge is 0.238 e. The number of para-hydroxylation sites is 1. The van der Waals surface area contributed by atoms with E-state index in [1.807, 2.05) is 37.4 Å². The molecule has 6 nitrogen and oxygen atoms in total. The average Bonchev–Trinajstić information content (AvgIpc) is 3.32. The Bertz CT molecular complexity index is 752. The third-order valence-electron chi connectivity index (χ3n) is 4.46.